The Morgan fingerprint density at radius 2 is 1.82 bits per heavy atom. The van der Waals surface area contributed by atoms with Crippen LogP contribution in [0.2, 0.25) is 0 Å². The number of hydrogen-bond acceptors (Lipinski definition) is 6. The summed E-state index contributed by atoms with van der Waals surface area (Å²) >= 11 is 0. The Morgan fingerprint density at radius 1 is 1.04 bits per heavy atom. The van der Waals surface area contributed by atoms with E-state index in [9.17, 15) is 4.79 Å². The van der Waals surface area contributed by atoms with Gasteiger partial charge in [0.15, 0.2) is 11.5 Å². The fourth-order valence-corrected chi connectivity index (χ4v) is 2.94. The van der Waals surface area contributed by atoms with Crippen LogP contribution in [0.15, 0.2) is 54.6 Å². The van der Waals surface area contributed by atoms with Gasteiger partial charge in [-0.05, 0) is 37.6 Å². The fourth-order valence-electron chi connectivity index (χ4n) is 2.94. The molecule has 0 saturated carbocycles. The Hall–Kier alpha value is -3.61. The average molecular weight is 376 g/mol. The molecule has 2 aromatic carbocycles. The number of aromatic nitrogens is 2. The van der Waals surface area contributed by atoms with Gasteiger partial charge in [-0.3, -0.25) is 4.79 Å². The van der Waals surface area contributed by atoms with Gasteiger partial charge < -0.3 is 20.1 Å². The van der Waals surface area contributed by atoms with Crippen molar-refractivity contribution >= 4 is 17.5 Å². The summed E-state index contributed by atoms with van der Waals surface area (Å²) in [5.74, 6) is 1.45. The number of nitrogens with zero attached hydrogens (tertiary/aromatic N) is 2. The van der Waals surface area contributed by atoms with Crippen molar-refractivity contribution in [3.8, 4) is 11.5 Å². The summed E-state index contributed by atoms with van der Waals surface area (Å²) in [4.78, 5) is 21.4. The highest BCUT2D eigenvalue weighted by Gasteiger charge is 2.16. The summed E-state index contributed by atoms with van der Waals surface area (Å²) < 4.78 is 10.7. The highest BCUT2D eigenvalue weighted by Crippen LogP contribution is 2.34. The molecule has 0 saturated heterocycles. The second-order valence-electron chi connectivity index (χ2n) is 6.52. The zero-order valence-corrected chi connectivity index (χ0v) is 15.6. The highest BCUT2D eigenvalue weighted by molar-refractivity contribution is 5.93. The van der Waals surface area contributed by atoms with Crippen LogP contribution in [0.25, 0.3) is 0 Å². The first-order valence-electron chi connectivity index (χ1n) is 8.96. The summed E-state index contributed by atoms with van der Waals surface area (Å²) in [5.41, 5.74) is 2.77. The standard InChI is InChI=1S/C21H20N4O3/c1-13-10-17(20(26)23-14(2)15-6-4-3-5-7-15)25-21(22-13)24-16-8-9-18-19(11-16)28-12-27-18/h3-11,14H,12H2,1-2H3,(H,23,26)(H,22,24,25). The lowest BCUT2D eigenvalue weighted by atomic mass is 10.1. The van der Waals surface area contributed by atoms with Gasteiger partial charge >= 0.3 is 0 Å². The number of carbonyl (C=O) groups excluding carboxylic acids is 1. The van der Waals surface area contributed by atoms with E-state index >= 15 is 0 Å². The van der Waals surface area contributed by atoms with E-state index in [-0.39, 0.29) is 18.7 Å². The van der Waals surface area contributed by atoms with Gasteiger partial charge in [-0.15, -0.1) is 0 Å². The van der Waals surface area contributed by atoms with Crippen molar-refractivity contribution in [3.05, 3.63) is 71.5 Å². The molecule has 7 nitrogen and oxygen atoms in total. The maximum Gasteiger partial charge on any atom is 0.270 e. The molecule has 0 spiro atoms. The SMILES string of the molecule is Cc1cc(C(=O)NC(C)c2ccccc2)nc(Nc2ccc3c(c2)OCO3)n1. The van der Waals surface area contributed by atoms with Crippen LogP contribution >= 0.6 is 0 Å². The third kappa shape index (κ3) is 3.88. The van der Waals surface area contributed by atoms with Crippen LogP contribution in [0.3, 0.4) is 0 Å². The predicted octanol–water partition coefficient (Wildman–Crippen LogP) is 3.75. The van der Waals surface area contributed by atoms with E-state index < -0.39 is 0 Å². The van der Waals surface area contributed by atoms with E-state index in [0.29, 0.717) is 28.8 Å². The minimum atomic E-state index is -0.254. The summed E-state index contributed by atoms with van der Waals surface area (Å²) in [6, 6.07) is 16.8. The van der Waals surface area contributed by atoms with Gasteiger partial charge in [-0.25, -0.2) is 9.97 Å². The second-order valence-corrected chi connectivity index (χ2v) is 6.52. The number of rotatable bonds is 5. The molecule has 4 rings (SSSR count). The van der Waals surface area contributed by atoms with E-state index in [4.69, 9.17) is 9.47 Å². The number of carbonyl (C=O) groups is 1. The number of ether oxygens (including phenoxy) is 2. The molecule has 1 unspecified atom stereocenters. The Kier molecular flexibility index (Phi) is 4.80. The van der Waals surface area contributed by atoms with E-state index in [1.54, 1.807) is 6.07 Å². The van der Waals surface area contributed by atoms with E-state index in [2.05, 4.69) is 20.6 Å². The number of anilines is 2. The van der Waals surface area contributed by atoms with Gasteiger partial charge in [0.25, 0.3) is 5.91 Å². The first-order valence-corrected chi connectivity index (χ1v) is 8.96. The number of aryl methyl sites for hydroxylation is 1. The zero-order chi connectivity index (χ0) is 19.5. The van der Waals surface area contributed by atoms with Crippen molar-refractivity contribution in [2.45, 2.75) is 19.9 Å². The monoisotopic (exact) mass is 376 g/mol. The highest BCUT2D eigenvalue weighted by atomic mass is 16.7. The first kappa shape index (κ1) is 17.8. The molecule has 1 aliphatic rings. The van der Waals surface area contributed by atoms with Crippen LogP contribution in [0.5, 0.6) is 11.5 Å². The molecule has 0 radical (unpaired) electrons. The molecule has 3 aromatic rings. The van der Waals surface area contributed by atoms with Crippen LogP contribution in [0.1, 0.15) is 34.7 Å². The van der Waals surface area contributed by atoms with Gasteiger partial charge in [0.2, 0.25) is 12.7 Å². The number of nitrogens with one attached hydrogen (secondary N) is 2. The smallest absolute Gasteiger partial charge is 0.270 e. The maximum absolute atomic E-state index is 12.7. The normalized spacial score (nSPS) is 13.1. The lowest BCUT2D eigenvalue weighted by molar-refractivity contribution is 0.0934. The second kappa shape index (κ2) is 7.56. The zero-order valence-electron chi connectivity index (χ0n) is 15.6. The molecule has 1 atom stereocenters. The lowest BCUT2D eigenvalue weighted by Gasteiger charge is -2.14. The molecule has 2 N–H and O–H groups in total. The van der Waals surface area contributed by atoms with Gasteiger partial charge in [-0.1, -0.05) is 30.3 Å². The summed E-state index contributed by atoms with van der Waals surface area (Å²) in [5, 5.41) is 6.09. The molecule has 7 heteroatoms. The van der Waals surface area contributed by atoms with Gasteiger partial charge in [0, 0.05) is 17.4 Å². The van der Waals surface area contributed by atoms with Gasteiger partial charge in [-0.2, -0.15) is 0 Å². The quantitative estimate of drug-likeness (QED) is 0.705. The summed E-state index contributed by atoms with van der Waals surface area (Å²) in [6.45, 7) is 3.97. The topological polar surface area (TPSA) is 85.4 Å². The largest absolute Gasteiger partial charge is 0.454 e. The summed E-state index contributed by atoms with van der Waals surface area (Å²) in [6.07, 6.45) is 0. The van der Waals surface area contributed by atoms with E-state index in [1.165, 1.54) is 0 Å². The van der Waals surface area contributed by atoms with E-state index in [0.717, 1.165) is 11.3 Å². The number of fused-ring (bicyclic) bond motifs is 1. The van der Waals surface area contributed by atoms with Crippen LogP contribution in [-0.2, 0) is 0 Å². The molecule has 0 aliphatic carbocycles. The molecule has 1 aromatic heterocycles. The first-order chi connectivity index (χ1) is 13.6. The minimum Gasteiger partial charge on any atom is -0.454 e. The van der Waals surface area contributed by atoms with Crippen molar-refractivity contribution in [2.24, 2.45) is 0 Å². The van der Waals surface area contributed by atoms with Crippen LogP contribution in [0.4, 0.5) is 11.6 Å². The molecule has 1 aliphatic heterocycles. The predicted molar refractivity (Wildman–Crippen MR) is 105 cm³/mol. The molecular formula is C21H20N4O3. The Morgan fingerprint density at radius 3 is 2.64 bits per heavy atom. The Bertz CT molecular complexity index is 1010. The van der Waals surface area contributed by atoms with Crippen LogP contribution in [0, 0.1) is 6.92 Å². The maximum atomic E-state index is 12.7. The number of benzene rings is 2. The van der Waals surface area contributed by atoms with E-state index in [1.807, 2.05) is 62.4 Å². The van der Waals surface area contributed by atoms with Crippen LogP contribution in [-0.4, -0.2) is 22.7 Å². The third-order valence-corrected chi connectivity index (χ3v) is 4.36. The molecule has 2 heterocycles. The fraction of sp³-hybridized carbons (Fsp3) is 0.190. The lowest BCUT2D eigenvalue weighted by Crippen LogP contribution is -2.27. The van der Waals surface area contributed by atoms with Gasteiger partial charge in [0.05, 0.1) is 6.04 Å². The van der Waals surface area contributed by atoms with Crippen molar-refractivity contribution in [1.29, 1.82) is 0 Å². The Labute approximate surface area is 162 Å². The molecule has 142 valence electrons. The molecule has 0 bridgehead atoms. The Balaban J connectivity index is 1.51. The molecule has 28 heavy (non-hydrogen) atoms. The van der Waals surface area contributed by atoms with Crippen molar-refractivity contribution in [1.82, 2.24) is 15.3 Å². The molecule has 0 fully saturated rings. The minimum absolute atomic E-state index is 0.130. The molecule has 1 amide bonds. The summed E-state index contributed by atoms with van der Waals surface area (Å²) in [7, 11) is 0. The third-order valence-electron chi connectivity index (χ3n) is 4.36. The number of hydrogen-bond donors (Lipinski definition) is 2. The van der Waals surface area contributed by atoms with Crippen LogP contribution < -0.4 is 20.1 Å². The number of amides is 1. The van der Waals surface area contributed by atoms with Gasteiger partial charge in [0.1, 0.15) is 5.69 Å². The molecular weight excluding hydrogens is 356 g/mol. The van der Waals surface area contributed by atoms with Crippen molar-refractivity contribution in [2.75, 3.05) is 12.1 Å². The average Bonchev–Trinajstić information content (AvgIpc) is 3.16. The van der Waals surface area contributed by atoms with Crippen molar-refractivity contribution < 1.29 is 14.3 Å². The van der Waals surface area contributed by atoms with Crippen molar-refractivity contribution in [3.63, 3.8) is 0 Å².